The molecule has 0 heterocycles. The third kappa shape index (κ3) is 3.96. The van der Waals surface area contributed by atoms with Gasteiger partial charge < -0.3 is 5.32 Å². The van der Waals surface area contributed by atoms with E-state index in [0.29, 0.717) is 13.0 Å². The van der Waals surface area contributed by atoms with Crippen LogP contribution in [0.2, 0.25) is 0 Å². The molecule has 0 rings (SSSR count). The second-order valence-corrected chi connectivity index (χ2v) is 6.61. The second-order valence-electron chi connectivity index (χ2n) is 3.82. The first-order valence-corrected chi connectivity index (χ1v) is 7.01. The van der Waals surface area contributed by atoms with Crippen LogP contribution in [-0.2, 0) is 9.84 Å². The summed E-state index contributed by atoms with van der Waals surface area (Å²) in [7, 11) is -2.93. The highest BCUT2D eigenvalue weighted by Gasteiger charge is 2.25. The maximum Gasteiger partial charge on any atom is 0.156 e. The summed E-state index contributed by atoms with van der Waals surface area (Å²) in [5, 5.41) is 2.65. The molecule has 2 unspecified atom stereocenters. The third-order valence-corrected chi connectivity index (χ3v) is 5.30. The van der Waals surface area contributed by atoms with E-state index in [9.17, 15) is 8.42 Å². The molecule has 2 atom stereocenters. The number of nitrogens with one attached hydrogen (secondary N) is 1. The van der Waals surface area contributed by atoms with Crippen LogP contribution in [-0.4, -0.2) is 32.0 Å². The minimum atomic E-state index is -2.93. The molecule has 0 bridgehead atoms. The maximum absolute atomic E-state index is 11.8. The van der Waals surface area contributed by atoms with Gasteiger partial charge in [-0.15, -0.1) is 0 Å². The Bertz CT molecular complexity index is 237. The molecule has 14 heavy (non-hydrogen) atoms. The second kappa shape index (κ2) is 6.40. The van der Waals surface area contributed by atoms with Crippen molar-refractivity contribution in [2.75, 3.05) is 13.1 Å². The first-order valence-electron chi connectivity index (χ1n) is 5.40. The minimum Gasteiger partial charge on any atom is -0.315 e. The molecule has 4 heteroatoms. The minimum absolute atomic E-state index is 0.221. The average Bonchev–Trinajstić information content (AvgIpc) is 2.16. The van der Waals surface area contributed by atoms with Crippen molar-refractivity contribution in [2.24, 2.45) is 0 Å². The summed E-state index contributed by atoms with van der Waals surface area (Å²) in [6.45, 7) is 9.01. The predicted molar refractivity (Wildman–Crippen MR) is 61.3 cm³/mol. The topological polar surface area (TPSA) is 46.2 Å². The van der Waals surface area contributed by atoms with E-state index in [1.165, 1.54) is 0 Å². The van der Waals surface area contributed by atoms with Gasteiger partial charge in [-0.2, -0.15) is 0 Å². The Morgan fingerprint density at radius 1 is 1.14 bits per heavy atom. The third-order valence-electron chi connectivity index (χ3n) is 2.56. The number of sulfone groups is 1. The summed E-state index contributed by atoms with van der Waals surface area (Å²) in [6, 6.07) is 0. The van der Waals surface area contributed by atoms with Crippen LogP contribution in [0.15, 0.2) is 0 Å². The molecule has 0 aromatic rings. The van der Waals surface area contributed by atoms with Gasteiger partial charge >= 0.3 is 0 Å². The molecule has 0 aliphatic rings. The zero-order valence-corrected chi connectivity index (χ0v) is 10.5. The molecule has 0 amide bonds. The first-order chi connectivity index (χ1) is 6.46. The van der Waals surface area contributed by atoms with E-state index >= 15 is 0 Å². The van der Waals surface area contributed by atoms with Crippen LogP contribution in [0, 0.1) is 0 Å². The van der Waals surface area contributed by atoms with Gasteiger partial charge in [-0.25, -0.2) is 8.42 Å². The van der Waals surface area contributed by atoms with Crippen LogP contribution in [0.3, 0.4) is 0 Å². The zero-order valence-electron chi connectivity index (χ0n) is 9.71. The van der Waals surface area contributed by atoms with Crippen molar-refractivity contribution in [3.8, 4) is 0 Å². The fourth-order valence-electron chi connectivity index (χ4n) is 1.23. The van der Waals surface area contributed by atoms with E-state index in [1.54, 1.807) is 13.8 Å². The largest absolute Gasteiger partial charge is 0.315 e. The van der Waals surface area contributed by atoms with Gasteiger partial charge in [0.2, 0.25) is 0 Å². The molecule has 0 fully saturated rings. The molecule has 0 aromatic carbocycles. The maximum atomic E-state index is 11.8. The molecule has 86 valence electrons. The summed E-state index contributed by atoms with van der Waals surface area (Å²) in [5.74, 6) is 0. The van der Waals surface area contributed by atoms with Crippen molar-refractivity contribution in [1.29, 1.82) is 0 Å². The molecule has 3 nitrogen and oxygen atoms in total. The van der Waals surface area contributed by atoms with Gasteiger partial charge in [-0.3, -0.25) is 0 Å². The molecule has 0 aromatic heterocycles. The van der Waals surface area contributed by atoms with Crippen molar-refractivity contribution >= 4 is 9.84 Å². The van der Waals surface area contributed by atoms with E-state index in [0.717, 1.165) is 13.0 Å². The van der Waals surface area contributed by atoms with Crippen LogP contribution >= 0.6 is 0 Å². The van der Waals surface area contributed by atoms with Gasteiger partial charge in [0, 0.05) is 6.54 Å². The summed E-state index contributed by atoms with van der Waals surface area (Å²) in [4.78, 5) is 0. The standard InChI is InChI=1S/C10H23NO2S/c1-5-7-11-8-10(4)14(12,13)9(3)6-2/h9-11H,5-8H2,1-4H3. The fourth-order valence-corrected chi connectivity index (χ4v) is 2.84. The summed E-state index contributed by atoms with van der Waals surface area (Å²) in [5.41, 5.74) is 0. The van der Waals surface area contributed by atoms with Crippen molar-refractivity contribution in [1.82, 2.24) is 5.32 Å². The van der Waals surface area contributed by atoms with E-state index in [1.807, 2.05) is 6.92 Å². The van der Waals surface area contributed by atoms with Gasteiger partial charge in [0.1, 0.15) is 0 Å². The lowest BCUT2D eigenvalue weighted by Crippen LogP contribution is -2.36. The van der Waals surface area contributed by atoms with E-state index in [-0.39, 0.29) is 10.5 Å². The SMILES string of the molecule is CCCNCC(C)S(=O)(=O)C(C)CC. The van der Waals surface area contributed by atoms with Crippen LogP contribution in [0.5, 0.6) is 0 Å². The van der Waals surface area contributed by atoms with Crippen molar-refractivity contribution in [2.45, 2.75) is 51.0 Å². The lowest BCUT2D eigenvalue weighted by atomic mass is 10.4. The average molecular weight is 221 g/mol. The van der Waals surface area contributed by atoms with Crippen molar-refractivity contribution in [3.05, 3.63) is 0 Å². The molecular weight excluding hydrogens is 198 g/mol. The quantitative estimate of drug-likeness (QED) is 0.664. The van der Waals surface area contributed by atoms with Crippen LogP contribution in [0.4, 0.5) is 0 Å². The smallest absolute Gasteiger partial charge is 0.156 e. The number of hydrogen-bond acceptors (Lipinski definition) is 3. The molecule has 0 spiro atoms. The van der Waals surface area contributed by atoms with Crippen LogP contribution < -0.4 is 5.32 Å². The van der Waals surface area contributed by atoms with Gasteiger partial charge in [-0.1, -0.05) is 13.8 Å². The van der Waals surface area contributed by atoms with Crippen LogP contribution in [0.1, 0.15) is 40.5 Å². The highest BCUT2D eigenvalue weighted by molar-refractivity contribution is 7.92. The lowest BCUT2D eigenvalue weighted by Gasteiger charge is -2.17. The molecule has 0 radical (unpaired) electrons. The van der Waals surface area contributed by atoms with E-state index < -0.39 is 9.84 Å². The van der Waals surface area contributed by atoms with Crippen molar-refractivity contribution in [3.63, 3.8) is 0 Å². The Morgan fingerprint density at radius 3 is 2.14 bits per heavy atom. The van der Waals surface area contributed by atoms with Gasteiger partial charge in [-0.05, 0) is 33.2 Å². The number of hydrogen-bond donors (Lipinski definition) is 1. The lowest BCUT2D eigenvalue weighted by molar-refractivity contribution is 0.557. The highest BCUT2D eigenvalue weighted by Crippen LogP contribution is 2.11. The van der Waals surface area contributed by atoms with Crippen molar-refractivity contribution < 1.29 is 8.42 Å². The summed E-state index contributed by atoms with van der Waals surface area (Å²) in [6.07, 6.45) is 1.73. The molecule has 1 N–H and O–H groups in total. The zero-order chi connectivity index (χ0) is 11.2. The predicted octanol–water partition coefficient (Wildman–Crippen LogP) is 1.59. The Morgan fingerprint density at radius 2 is 1.71 bits per heavy atom. The molecule has 0 aliphatic carbocycles. The molecule has 0 saturated heterocycles. The van der Waals surface area contributed by atoms with E-state index in [4.69, 9.17) is 0 Å². The van der Waals surface area contributed by atoms with E-state index in [2.05, 4.69) is 12.2 Å². The van der Waals surface area contributed by atoms with Gasteiger partial charge in [0.05, 0.1) is 10.5 Å². The van der Waals surface area contributed by atoms with Gasteiger partial charge in [0.15, 0.2) is 9.84 Å². The summed E-state index contributed by atoms with van der Waals surface area (Å²) >= 11 is 0. The normalized spacial score (nSPS) is 16.6. The van der Waals surface area contributed by atoms with Crippen LogP contribution in [0.25, 0.3) is 0 Å². The monoisotopic (exact) mass is 221 g/mol. The van der Waals surface area contributed by atoms with Gasteiger partial charge in [0.25, 0.3) is 0 Å². The first kappa shape index (κ1) is 13.9. The molecule has 0 saturated carbocycles. The Hall–Kier alpha value is -0.0900. The fraction of sp³-hybridized carbons (Fsp3) is 1.00. The Kier molecular flexibility index (Phi) is 6.36. The Balaban J connectivity index is 4.15. The molecular formula is C10H23NO2S. The molecule has 0 aliphatic heterocycles. The Labute approximate surface area is 88.2 Å². The number of rotatable bonds is 7. The highest BCUT2D eigenvalue weighted by atomic mass is 32.2. The summed E-state index contributed by atoms with van der Waals surface area (Å²) < 4.78 is 23.6.